The van der Waals surface area contributed by atoms with Crippen LogP contribution in [-0.2, 0) is 18.9 Å². The minimum absolute atomic E-state index is 0. The summed E-state index contributed by atoms with van der Waals surface area (Å²) in [6.45, 7) is 0. The second-order valence-electron chi connectivity index (χ2n) is 5.18. The first-order chi connectivity index (χ1) is 10.9. The van der Waals surface area contributed by atoms with Gasteiger partial charge in [-0.1, -0.05) is 0 Å². The quantitative estimate of drug-likeness (QED) is 0.742. The van der Waals surface area contributed by atoms with Crippen LogP contribution >= 0.6 is 36.6 Å². The standard InChI is InChI=1S/C14H19N5O3S.2ClH/c1-18-11-9(13(21)19(2)14(18)22)6-8(7-16-11)17-12(20)10(15)4-5-23-3;;/h6-7,10H,4-5,15H2,1-3H3,(H,17,20);2*1H/t10-;;/m0../s1. The molecule has 0 fully saturated rings. The van der Waals surface area contributed by atoms with E-state index >= 15 is 0 Å². The lowest BCUT2D eigenvalue weighted by atomic mass is 10.2. The maximum Gasteiger partial charge on any atom is 0.332 e. The van der Waals surface area contributed by atoms with Gasteiger partial charge in [-0.05, 0) is 24.5 Å². The average Bonchev–Trinajstić information content (AvgIpc) is 2.55. The smallest absolute Gasteiger partial charge is 0.323 e. The minimum atomic E-state index is -0.624. The summed E-state index contributed by atoms with van der Waals surface area (Å²) < 4.78 is 2.28. The molecule has 3 N–H and O–H groups in total. The van der Waals surface area contributed by atoms with Crippen LogP contribution in [0.5, 0.6) is 0 Å². The van der Waals surface area contributed by atoms with Gasteiger partial charge in [0.1, 0.15) is 5.65 Å². The monoisotopic (exact) mass is 409 g/mol. The van der Waals surface area contributed by atoms with Gasteiger partial charge in [0, 0.05) is 14.1 Å². The number of nitrogens with zero attached hydrogens (tertiary/aromatic N) is 3. The molecule has 0 aliphatic rings. The van der Waals surface area contributed by atoms with Gasteiger partial charge in [-0.3, -0.25) is 18.7 Å². The third-order valence-corrected chi connectivity index (χ3v) is 4.17. The normalized spacial score (nSPS) is 11.4. The van der Waals surface area contributed by atoms with Crippen LogP contribution in [-0.4, -0.2) is 38.1 Å². The van der Waals surface area contributed by atoms with Crippen molar-refractivity contribution in [1.82, 2.24) is 14.1 Å². The van der Waals surface area contributed by atoms with Gasteiger partial charge in [0.25, 0.3) is 5.56 Å². The van der Waals surface area contributed by atoms with E-state index in [2.05, 4.69) is 10.3 Å². The molecular formula is C14H21Cl2N5O3S. The number of nitrogens with two attached hydrogens (primary N) is 1. The highest BCUT2D eigenvalue weighted by Gasteiger charge is 2.15. The summed E-state index contributed by atoms with van der Waals surface area (Å²) in [5.41, 5.74) is 5.53. The van der Waals surface area contributed by atoms with Crippen molar-refractivity contribution in [2.75, 3.05) is 17.3 Å². The number of fused-ring (bicyclic) bond motifs is 1. The maximum absolute atomic E-state index is 12.2. The molecule has 2 rings (SSSR count). The molecule has 25 heavy (non-hydrogen) atoms. The summed E-state index contributed by atoms with van der Waals surface area (Å²) in [6.07, 6.45) is 3.91. The topological polar surface area (TPSA) is 112 Å². The van der Waals surface area contributed by atoms with Crippen molar-refractivity contribution in [1.29, 1.82) is 0 Å². The van der Waals surface area contributed by atoms with Crippen molar-refractivity contribution in [3.63, 3.8) is 0 Å². The second-order valence-corrected chi connectivity index (χ2v) is 6.16. The van der Waals surface area contributed by atoms with E-state index in [0.29, 0.717) is 12.1 Å². The average molecular weight is 410 g/mol. The Bertz CT molecular complexity index is 868. The molecular weight excluding hydrogens is 389 g/mol. The molecule has 2 aromatic rings. The molecule has 0 aliphatic heterocycles. The summed E-state index contributed by atoms with van der Waals surface area (Å²) in [5.74, 6) is 0.453. The third-order valence-electron chi connectivity index (χ3n) is 3.53. The fourth-order valence-electron chi connectivity index (χ4n) is 2.14. The van der Waals surface area contributed by atoms with Gasteiger partial charge >= 0.3 is 5.69 Å². The fraction of sp³-hybridized carbons (Fsp3) is 0.429. The lowest BCUT2D eigenvalue weighted by Gasteiger charge is -2.12. The number of rotatable bonds is 5. The molecule has 2 heterocycles. The highest BCUT2D eigenvalue weighted by atomic mass is 35.5. The maximum atomic E-state index is 12.2. The molecule has 0 unspecified atom stereocenters. The highest BCUT2D eigenvalue weighted by molar-refractivity contribution is 7.98. The number of halogens is 2. The van der Waals surface area contributed by atoms with Gasteiger partial charge in [0.15, 0.2) is 0 Å². The number of hydrogen-bond donors (Lipinski definition) is 2. The first-order valence-electron chi connectivity index (χ1n) is 6.98. The number of carbonyl (C=O) groups excluding carboxylic acids is 1. The van der Waals surface area contributed by atoms with Crippen LogP contribution in [0.15, 0.2) is 21.9 Å². The number of amides is 1. The van der Waals surface area contributed by atoms with Crippen molar-refractivity contribution in [2.45, 2.75) is 12.5 Å². The Labute approximate surface area is 161 Å². The van der Waals surface area contributed by atoms with Crippen molar-refractivity contribution < 1.29 is 4.79 Å². The molecule has 0 saturated carbocycles. The zero-order chi connectivity index (χ0) is 17.1. The van der Waals surface area contributed by atoms with Crippen LogP contribution in [0.25, 0.3) is 11.0 Å². The van der Waals surface area contributed by atoms with E-state index < -0.39 is 17.3 Å². The van der Waals surface area contributed by atoms with E-state index in [-0.39, 0.29) is 41.8 Å². The molecule has 2 aromatic heterocycles. The Balaban J connectivity index is 0.00000288. The number of anilines is 1. The lowest BCUT2D eigenvalue weighted by molar-refractivity contribution is -0.117. The number of aromatic nitrogens is 3. The second kappa shape index (κ2) is 9.81. The van der Waals surface area contributed by atoms with E-state index in [0.717, 1.165) is 10.3 Å². The van der Waals surface area contributed by atoms with Crippen LogP contribution in [0, 0.1) is 0 Å². The van der Waals surface area contributed by atoms with Crippen LogP contribution in [0.3, 0.4) is 0 Å². The zero-order valence-corrected chi connectivity index (χ0v) is 16.5. The summed E-state index contributed by atoms with van der Waals surface area (Å²) in [7, 11) is 2.93. The predicted molar refractivity (Wildman–Crippen MR) is 106 cm³/mol. The van der Waals surface area contributed by atoms with Crippen molar-refractivity contribution >= 4 is 59.2 Å². The van der Waals surface area contributed by atoms with Gasteiger partial charge in [-0.2, -0.15) is 11.8 Å². The molecule has 11 heteroatoms. The third kappa shape index (κ3) is 4.97. The van der Waals surface area contributed by atoms with Crippen molar-refractivity contribution in [3.8, 4) is 0 Å². The Kier molecular flexibility index (Phi) is 9.20. The van der Waals surface area contributed by atoms with Crippen LogP contribution in [0.1, 0.15) is 6.42 Å². The molecule has 0 bridgehead atoms. The molecule has 0 aromatic carbocycles. The van der Waals surface area contributed by atoms with Gasteiger partial charge in [-0.25, -0.2) is 9.78 Å². The van der Waals surface area contributed by atoms with Crippen molar-refractivity contribution in [3.05, 3.63) is 33.1 Å². The minimum Gasteiger partial charge on any atom is -0.323 e. The first kappa shape index (κ1) is 23.4. The van der Waals surface area contributed by atoms with E-state index in [1.54, 1.807) is 11.8 Å². The molecule has 0 radical (unpaired) electrons. The number of aryl methyl sites for hydroxylation is 1. The van der Waals surface area contributed by atoms with E-state index in [4.69, 9.17) is 5.73 Å². The highest BCUT2D eigenvalue weighted by Crippen LogP contribution is 2.12. The van der Waals surface area contributed by atoms with Crippen molar-refractivity contribution in [2.24, 2.45) is 19.8 Å². The molecule has 1 amide bonds. The number of pyridine rings is 1. The van der Waals surface area contributed by atoms with E-state index in [1.165, 1.54) is 30.9 Å². The van der Waals surface area contributed by atoms with Crippen LogP contribution in [0.4, 0.5) is 5.69 Å². The Morgan fingerprint density at radius 2 is 1.96 bits per heavy atom. The van der Waals surface area contributed by atoms with Crippen LogP contribution in [0.2, 0.25) is 0 Å². The van der Waals surface area contributed by atoms with Gasteiger partial charge < -0.3 is 11.1 Å². The molecule has 1 atom stereocenters. The summed E-state index contributed by atoms with van der Waals surface area (Å²) in [5, 5.41) is 2.91. The molecule has 8 nitrogen and oxygen atoms in total. The Hall–Kier alpha value is -1.55. The zero-order valence-electron chi connectivity index (χ0n) is 14.0. The molecule has 0 aliphatic carbocycles. The largest absolute Gasteiger partial charge is 0.332 e. The molecule has 140 valence electrons. The Morgan fingerprint density at radius 1 is 1.32 bits per heavy atom. The summed E-state index contributed by atoms with van der Waals surface area (Å²) >= 11 is 1.61. The number of hydrogen-bond acceptors (Lipinski definition) is 6. The van der Waals surface area contributed by atoms with Gasteiger partial charge in [0.2, 0.25) is 5.91 Å². The molecule has 0 saturated heterocycles. The van der Waals surface area contributed by atoms with E-state index in [9.17, 15) is 14.4 Å². The van der Waals surface area contributed by atoms with Gasteiger partial charge in [-0.15, -0.1) is 24.8 Å². The summed E-state index contributed by atoms with van der Waals surface area (Å²) in [4.78, 5) is 40.2. The number of nitrogens with one attached hydrogen (secondary N) is 1. The molecule has 0 spiro atoms. The van der Waals surface area contributed by atoms with Gasteiger partial charge in [0.05, 0.1) is 23.3 Å². The Morgan fingerprint density at radius 3 is 2.56 bits per heavy atom. The predicted octanol–water partition coefficient (Wildman–Crippen LogP) is 0.495. The van der Waals surface area contributed by atoms with E-state index in [1.807, 2.05) is 6.26 Å². The SMILES string of the molecule is CSCC[C@H](N)C(=O)Nc1cnc2c(c1)c(=O)n(C)c(=O)n2C.Cl.Cl. The first-order valence-corrected chi connectivity index (χ1v) is 8.37. The summed E-state index contributed by atoms with van der Waals surface area (Å²) in [6, 6.07) is 0.879. The number of thioether (sulfide) groups is 1. The fourth-order valence-corrected chi connectivity index (χ4v) is 2.63. The lowest BCUT2D eigenvalue weighted by Crippen LogP contribution is -2.38. The van der Waals surface area contributed by atoms with Crippen LogP contribution < -0.4 is 22.3 Å². The number of carbonyl (C=O) groups is 1.